The molecule has 0 aliphatic carbocycles. The zero-order valence-corrected chi connectivity index (χ0v) is 17.9. The Labute approximate surface area is 183 Å². The number of aromatic nitrogens is 2. The van der Waals surface area contributed by atoms with Gasteiger partial charge in [-0.15, -0.1) is 11.3 Å². The second-order valence-corrected chi connectivity index (χ2v) is 7.88. The summed E-state index contributed by atoms with van der Waals surface area (Å²) in [5, 5.41) is 2.90. The third-order valence-corrected chi connectivity index (χ3v) is 5.96. The number of likely N-dealkylation sites (N-methyl/N-ethyl adjacent to an activating group) is 1. The summed E-state index contributed by atoms with van der Waals surface area (Å²) in [4.78, 5) is 24.4. The lowest BCUT2D eigenvalue weighted by molar-refractivity contribution is -0.115. The zero-order chi connectivity index (χ0) is 21.8. The van der Waals surface area contributed by atoms with Gasteiger partial charge in [0.25, 0.3) is 0 Å². The van der Waals surface area contributed by atoms with Gasteiger partial charge in [0.15, 0.2) is 5.82 Å². The summed E-state index contributed by atoms with van der Waals surface area (Å²) in [6.45, 7) is 2.71. The molecule has 1 amide bonds. The van der Waals surface area contributed by atoms with Crippen LogP contribution in [0.1, 0.15) is 6.92 Å². The summed E-state index contributed by atoms with van der Waals surface area (Å²) >= 11 is 1.53. The van der Waals surface area contributed by atoms with Crippen LogP contribution in [0.2, 0.25) is 0 Å². The van der Waals surface area contributed by atoms with E-state index < -0.39 is 0 Å². The molecule has 2 aromatic carbocycles. The number of thiophene rings is 1. The first-order chi connectivity index (χ1) is 15.1. The molecule has 1 N–H and O–H groups in total. The minimum Gasteiger partial charge on any atom is -0.497 e. The first kappa shape index (κ1) is 20.7. The molecule has 0 aliphatic rings. The molecule has 0 fully saturated rings. The van der Waals surface area contributed by atoms with Gasteiger partial charge in [0.2, 0.25) is 5.91 Å². The van der Waals surface area contributed by atoms with Crippen LogP contribution < -0.4 is 15.0 Å². The Hall–Kier alpha value is -3.52. The van der Waals surface area contributed by atoms with Crippen LogP contribution in [0.3, 0.4) is 0 Å². The number of fused-ring (bicyclic) bond motifs is 1. The molecule has 2 aromatic heterocycles. The van der Waals surface area contributed by atoms with Crippen LogP contribution in [0.4, 0.5) is 15.9 Å². The summed E-state index contributed by atoms with van der Waals surface area (Å²) < 4.78 is 19.4. The number of rotatable bonds is 7. The van der Waals surface area contributed by atoms with E-state index >= 15 is 0 Å². The van der Waals surface area contributed by atoms with Crippen LogP contribution in [0, 0.1) is 5.82 Å². The summed E-state index contributed by atoms with van der Waals surface area (Å²) in [6.07, 6.45) is 1.50. The number of anilines is 2. The average Bonchev–Trinajstić information content (AvgIpc) is 3.22. The summed E-state index contributed by atoms with van der Waals surface area (Å²) in [5.41, 5.74) is 2.37. The Morgan fingerprint density at radius 3 is 2.71 bits per heavy atom. The lowest BCUT2D eigenvalue weighted by atomic mass is 10.2. The Bertz CT molecular complexity index is 1210. The van der Waals surface area contributed by atoms with Gasteiger partial charge in [-0.3, -0.25) is 4.79 Å². The molecule has 4 aromatic rings. The Morgan fingerprint density at radius 2 is 1.97 bits per heavy atom. The fourth-order valence-electron chi connectivity index (χ4n) is 3.23. The Balaban J connectivity index is 1.58. The molecule has 0 saturated heterocycles. The highest BCUT2D eigenvalue weighted by atomic mass is 32.1. The minimum atomic E-state index is -0.274. The van der Waals surface area contributed by atoms with Crippen molar-refractivity contribution in [3.8, 4) is 16.2 Å². The van der Waals surface area contributed by atoms with Crippen molar-refractivity contribution < 1.29 is 13.9 Å². The van der Waals surface area contributed by atoms with Crippen molar-refractivity contribution in [1.82, 2.24) is 9.97 Å². The number of nitrogens with zero attached hydrogens (tertiary/aromatic N) is 3. The van der Waals surface area contributed by atoms with Gasteiger partial charge in [0.05, 0.1) is 23.9 Å². The number of amides is 1. The number of nitrogens with one attached hydrogen (secondary N) is 1. The normalized spacial score (nSPS) is 10.8. The number of halogens is 1. The first-order valence-electron chi connectivity index (χ1n) is 9.76. The third-order valence-electron chi connectivity index (χ3n) is 4.79. The molecular weight excluding hydrogens is 415 g/mol. The topological polar surface area (TPSA) is 67.4 Å². The highest BCUT2D eigenvalue weighted by Crippen LogP contribution is 2.36. The molecule has 8 heteroatoms. The smallest absolute Gasteiger partial charge is 0.243 e. The number of hydrogen-bond donors (Lipinski definition) is 1. The van der Waals surface area contributed by atoms with Gasteiger partial charge >= 0.3 is 0 Å². The van der Waals surface area contributed by atoms with Gasteiger partial charge in [-0.1, -0.05) is 18.2 Å². The predicted molar refractivity (Wildman–Crippen MR) is 122 cm³/mol. The second kappa shape index (κ2) is 9.09. The molecule has 0 unspecified atom stereocenters. The number of carbonyl (C=O) groups is 1. The quantitative estimate of drug-likeness (QED) is 0.443. The van der Waals surface area contributed by atoms with Crippen LogP contribution >= 0.6 is 11.3 Å². The number of ether oxygens (including phenoxy) is 1. The highest BCUT2D eigenvalue weighted by molar-refractivity contribution is 7.22. The fourth-order valence-corrected chi connectivity index (χ4v) is 4.37. The molecule has 0 saturated carbocycles. The van der Waals surface area contributed by atoms with Gasteiger partial charge in [0.1, 0.15) is 17.9 Å². The molecule has 158 valence electrons. The maximum Gasteiger partial charge on any atom is 0.243 e. The van der Waals surface area contributed by atoms with E-state index in [1.165, 1.54) is 29.8 Å². The number of carbonyl (C=O) groups excluding carboxylic acids is 1. The van der Waals surface area contributed by atoms with Gasteiger partial charge < -0.3 is 15.0 Å². The minimum absolute atomic E-state index is 0.142. The van der Waals surface area contributed by atoms with Crippen LogP contribution in [-0.4, -0.2) is 36.1 Å². The summed E-state index contributed by atoms with van der Waals surface area (Å²) in [7, 11) is 1.58. The van der Waals surface area contributed by atoms with Crippen molar-refractivity contribution in [3.63, 3.8) is 0 Å². The van der Waals surface area contributed by atoms with Crippen molar-refractivity contribution >= 4 is 39.0 Å². The van der Waals surface area contributed by atoms with Crippen molar-refractivity contribution in [2.45, 2.75) is 6.92 Å². The number of benzene rings is 2. The van der Waals surface area contributed by atoms with Crippen LogP contribution in [0.25, 0.3) is 20.7 Å². The maximum absolute atomic E-state index is 13.3. The van der Waals surface area contributed by atoms with E-state index in [9.17, 15) is 9.18 Å². The van der Waals surface area contributed by atoms with E-state index in [1.54, 1.807) is 25.3 Å². The Morgan fingerprint density at radius 1 is 1.16 bits per heavy atom. The average molecular weight is 437 g/mol. The molecule has 2 heterocycles. The maximum atomic E-state index is 13.3. The molecule has 0 bridgehead atoms. The van der Waals surface area contributed by atoms with Gasteiger partial charge in [-0.05, 0) is 42.8 Å². The summed E-state index contributed by atoms with van der Waals surface area (Å²) in [6, 6.07) is 15.5. The molecule has 31 heavy (non-hydrogen) atoms. The molecule has 0 radical (unpaired) electrons. The third kappa shape index (κ3) is 4.64. The fraction of sp³-hybridized carbons (Fsp3) is 0.174. The second-order valence-electron chi connectivity index (χ2n) is 6.82. The van der Waals surface area contributed by atoms with E-state index in [4.69, 9.17) is 4.74 Å². The van der Waals surface area contributed by atoms with Gasteiger partial charge in [-0.2, -0.15) is 0 Å². The zero-order valence-electron chi connectivity index (χ0n) is 17.1. The largest absolute Gasteiger partial charge is 0.497 e. The van der Waals surface area contributed by atoms with Crippen molar-refractivity contribution in [3.05, 3.63) is 66.7 Å². The van der Waals surface area contributed by atoms with Gasteiger partial charge in [0, 0.05) is 23.2 Å². The van der Waals surface area contributed by atoms with E-state index in [0.29, 0.717) is 23.8 Å². The van der Waals surface area contributed by atoms with Crippen molar-refractivity contribution in [2.75, 3.05) is 30.4 Å². The van der Waals surface area contributed by atoms with Crippen molar-refractivity contribution in [1.29, 1.82) is 0 Å². The van der Waals surface area contributed by atoms with E-state index in [2.05, 4.69) is 15.3 Å². The monoisotopic (exact) mass is 436 g/mol. The standard InChI is InChI=1S/C23H21FN4O2S/c1-3-28(13-21(29)27-17-5-4-6-18(11-17)30-2)23-22-19(25-14-26-23)12-20(31-22)15-7-9-16(24)10-8-15/h4-12,14H,3,13H2,1-2H3,(H,27,29). The molecular formula is C23H21FN4O2S. The molecule has 0 spiro atoms. The van der Waals surface area contributed by atoms with E-state index in [1.807, 2.05) is 36.1 Å². The molecule has 0 atom stereocenters. The lowest BCUT2D eigenvalue weighted by Gasteiger charge is -2.21. The van der Waals surface area contributed by atoms with Crippen LogP contribution in [0.15, 0.2) is 60.9 Å². The molecule has 6 nitrogen and oxygen atoms in total. The number of hydrogen-bond acceptors (Lipinski definition) is 6. The van der Waals surface area contributed by atoms with Crippen LogP contribution in [0.5, 0.6) is 5.75 Å². The van der Waals surface area contributed by atoms with Crippen molar-refractivity contribution in [2.24, 2.45) is 0 Å². The molecule has 4 rings (SSSR count). The van der Waals surface area contributed by atoms with E-state index in [-0.39, 0.29) is 18.3 Å². The van der Waals surface area contributed by atoms with E-state index in [0.717, 1.165) is 20.7 Å². The Kier molecular flexibility index (Phi) is 6.08. The SMILES string of the molecule is CCN(CC(=O)Nc1cccc(OC)c1)c1ncnc2cc(-c3ccc(F)cc3)sc12. The van der Waals surface area contributed by atoms with Gasteiger partial charge in [-0.25, -0.2) is 14.4 Å². The first-order valence-corrected chi connectivity index (χ1v) is 10.6. The number of methoxy groups -OCH3 is 1. The highest BCUT2D eigenvalue weighted by Gasteiger charge is 2.17. The van der Waals surface area contributed by atoms with Crippen LogP contribution in [-0.2, 0) is 4.79 Å². The lowest BCUT2D eigenvalue weighted by Crippen LogP contribution is -2.33. The molecule has 0 aliphatic heterocycles. The summed E-state index contributed by atoms with van der Waals surface area (Å²) in [5.74, 6) is 0.947. The predicted octanol–water partition coefficient (Wildman–Crippen LogP) is 4.97.